The van der Waals surface area contributed by atoms with Gasteiger partial charge in [-0.15, -0.1) is 0 Å². The third-order valence-electron chi connectivity index (χ3n) is 4.74. The van der Waals surface area contributed by atoms with Gasteiger partial charge in [0.15, 0.2) is 5.43 Å². The Morgan fingerprint density at radius 2 is 1.68 bits per heavy atom. The van der Waals surface area contributed by atoms with Gasteiger partial charge in [-0.2, -0.15) is 0 Å². The summed E-state index contributed by atoms with van der Waals surface area (Å²) in [5, 5.41) is 1.60. The number of halogens is 1. The summed E-state index contributed by atoms with van der Waals surface area (Å²) in [6, 6.07) is 12.9. The van der Waals surface area contributed by atoms with Crippen molar-refractivity contribution in [2.24, 2.45) is 0 Å². The minimum Gasteiger partial charge on any atom is -0.497 e. The van der Waals surface area contributed by atoms with Crippen molar-refractivity contribution in [3.05, 3.63) is 58.3 Å². The van der Waals surface area contributed by atoms with Crippen LogP contribution in [-0.4, -0.2) is 19.0 Å². The maximum Gasteiger partial charge on any atom is 0.196 e. The number of hydrogen-bond acceptors (Lipinski definition) is 4. The molecule has 1 aromatic heterocycles. The highest BCUT2D eigenvalue weighted by molar-refractivity contribution is 9.09. The standard InChI is InChI=1S/C23H25BrO4/c1-16-22(25)20-15-19(27-14-6-4-3-5-13-24)11-12-21(20)28-23(16)17-7-9-18(26-2)10-8-17/h7-12,15H,3-6,13-14H2,1-2H3. The van der Waals surface area contributed by atoms with Crippen LogP contribution in [0.1, 0.15) is 31.2 Å². The third-order valence-corrected chi connectivity index (χ3v) is 5.30. The number of benzene rings is 2. The first-order valence-corrected chi connectivity index (χ1v) is 10.7. The molecule has 0 fully saturated rings. The molecule has 0 aliphatic rings. The molecule has 3 aromatic rings. The van der Waals surface area contributed by atoms with E-state index in [1.54, 1.807) is 20.1 Å². The van der Waals surface area contributed by atoms with Crippen LogP contribution in [0.3, 0.4) is 0 Å². The van der Waals surface area contributed by atoms with Gasteiger partial charge in [-0.25, -0.2) is 0 Å². The smallest absolute Gasteiger partial charge is 0.196 e. The van der Waals surface area contributed by atoms with Gasteiger partial charge >= 0.3 is 0 Å². The molecule has 0 bridgehead atoms. The zero-order valence-electron chi connectivity index (χ0n) is 16.3. The fraction of sp³-hybridized carbons (Fsp3) is 0.348. The lowest BCUT2D eigenvalue weighted by Crippen LogP contribution is -2.08. The van der Waals surface area contributed by atoms with E-state index in [9.17, 15) is 4.79 Å². The van der Waals surface area contributed by atoms with E-state index in [1.165, 1.54) is 12.8 Å². The van der Waals surface area contributed by atoms with Crippen molar-refractivity contribution in [2.75, 3.05) is 19.0 Å². The summed E-state index contributed by atoms with van der Waals surface area (Å²) < 4.78 is 17.1. The Hall–Kier alpha value is -2.27. The normalized spacial score (nSPS) is 11.0. The number of rotatable bonds is 9. The highest BCUT2D eigenvalue weighted by atomic mass is 79.9. The number of unbranched alkanes of at least 4 members (excludes halogenated alkanes) is 3. The van der Waals surface area contributed by atoms with E-state index in [0.29, 0.717) is 34.6 Å². The van der Waals surface area contributed by atoms with Crippen molar-refractivity contribution in [1.29, 1.82) is 0 Å². The second-order valence-corrected chi connectivity index (χ2v) is 7.52. The van der Waals surface area contributed by atoms with Crippen LogP contribution in [0.2, 0.25) is 0 Å². The predicted molar refractivity (Wildman–Crippen MR) is 117 cm³/mol. The van der Waals surface area contributed by atoms with Gasteiger partial charge in [0, 0.05) is 16.5 Å². The van der Waals surface area contributed by atoms with Gasteiger partial charge in [-0.3, -0.25) is 4.79 Å². The minimum absolute atomic E-state index is 0.0326. The van der Waals surface area contributed by atoms with Crippen LogP contribution in [-0.2, 0) is 0 Å². The Labute approximate surface area is 173 Å². The molecule has 0 spiro atoms. The maximum atomic E-state index is 12.9. The second-order valence-electron chi connectivity index (χ2n) is 6.72. The number of hydrogen-bond donors (Lipinski definition) is 0. The van der Waals surface area contributed by atoms with Crippen LogP contribution in [0.15, 0.2) is 51.7 Å². The zero-order chi connectivity index (χ0) is 19.9. The van der Waals surface area contributed by atoms with Crippen molar-refractivity contribution in [3.63, 3.8) is 0 Å². The zero-order valence-corrected chi connectivity index (χ0v) is 17.9. The molecule has 5 heteroatoms. The minimum atomic E-state index is -0.0326. The first-order valence-electron chi connectivity index (χ1n) is 9.54. The van der Waals surface area contributed by atoms with E-state index in [4.69, 9.17) is 13.9 Å². The van der Waals surface area contributed by atoms with Gasteiger partial charge in [0.1, 0.15) is 22.8 Å². The molecule has 3 rings (SSSR count). The van der Waals surface area contributed by atoms with Crippen molar-refractivity contribution in [2.45, 2.75) is 32.6 Å². The molecule has 0 saturated heterocycles. The molecular weight excluding hydrogens is 420 g/mol. The fourth-order valence-corrected chi connectivity index (χ4v) is 3.51. The average molecular weight is 445 g/mol. The van der Waals surface area contributed by atoms with Crippen LogP contribution in [0.5, 0.6) is 11.5 Å². The molecule has 0 aliphatic carbocycles. The van der Waals surface area contributed by atoms with E-state index in [1.807, 2.05) is 36.4 Å². The summed E-state index contributed by atoms with van der Waals surface area (Å²) in [5.41, 5.74) is 1.96. The maximum absolute atomic E-state index is 12.9. The highest BCUT2D eigenvalue weighted by Crippen LogP contribution is 2.28. The summed E-state index contributed by atoms with van der Waals surface area (Å²) in [5.74, 6) is 2.05. The van der Waals surface area contributed by atoms with Crippen LogP contribution in [0.25, 0.3) is 22.3 Å². The molecule has 1 heterocycles. The van der Waals surface area contributed by atoms with Crippen LogP contribution >= 0.6 is 15.9 Å². The summed E-state index contributed by atoms with van der Waals surface area (Å²) in [6.07, 6.45) is 4.54. The Kier molecular flexibility index (Phi) is 7.15. The van der Waals surface area contributed by atoms with Gasteiger partial charge in [-0.05, 0) is 62.2 Å². The van der Waals surface area contributed by atoms with Crippen molar-refractivity contribution in [3.8, 4) is 22.8 Å². The number of ether oxygens (including phenoxy) is 2. The quantitative estimate of drug-likeness (QED) is 0.295. The lowest BCUT2D eigenvalue weighted by atomic mass is 10.1. The van der Waals surface area contributed by atoms with Crippen LogP contribution < -0.4 is 14.9 Å². The molecule has 0 unspecified atom stereocenters. The lowest BCUT2D eigenvalue weighted by molar-refractivity contribution is 0.305. The van der Waals surface area contributed by atoms with E-state index in [0.717, 1.165) is 29.5 Å². The van der Waals surface area contributed by atoms with E-state index in [-0.39, 0.29) is 5.43 Å². The van der Waals surface area contributed by atoms with Gasteiger partial charge in [0.05, 0.1) is 19.1 Å². The molecule has 0 atom stereocenters. The topological polar surface area (TPSA) is 48.7 Å². The molecule has 2 aromatic carbocycles. The van der Waals surface area contributed by atoms with Crippen molar-refractivity contribution >= 4 is 26.9 Å². The van der Waals surface area contributed by atoms with E-state index >= 15 is 0 Å². The van der Waals surface area contributed by atoms with Crippen molar-refractivity contribution < 1.29 is 13.9 Å². The molecular formula is C23H25BrO4. The van der Waals surface area contributed by atoms with E-state index < -0.39 is 0 Å². The van der Waals surface area contributed by atoms with Gasteiger partial charge < -0.3 is 13.9 Å². The first-order chi connectivity index (χ1) is 13.6. The average Bonchev–Trinajstić information content (AvgIpc) is 2.73. The Balaban J connectivity index is 1.81. The molecule has 0 aliphatic heterocycles. The molecule has 28 heavy (non-hydrogen) atoms. The lowest BCUT2D eigenvalue weighted by Gasteiger charge is -2.10. The molecule has 4 nitrogen and oxygen atoms in total. The molecule has 148 valence electrons. The molecule has 0 radical (unpaired) electrons. The Morgan fingerprint density at radius 3 is 2.39 bits per heavy atom. The third kappa shape index (κ3) is 4.76. The van der Waals surface area contributed by atoms with Crippen molar-refractivity contribution in [1.82, 2.24) is 0 Å². The van der Waals surface area contributed by atoms with Gasteiger partial charge in [0.25, 0.3) is 0 Å². The van der Waals surface area contributed by atoms with Gasteiger partial charge in [-0.1, -0.05) is 28.8 Å². The Bertz CT molecular complexity index is 976. The van der Waals surface area contributed by atoms with Crippen LogP contribution in [0, 0.1) is 6.92 Å². The summed E-state index contributed by atoms with van der Waals surface area (Å²) in [4.78, 5) is 12.9. The van der Waals surface area contributed by atoms with E-state index in [2.05, 4.69) is 15.9 Å². The largest absolute Gasteiger partial charge is 0.497 e. The number of fused-ring (bicyclic) bond motifs is 1. The summed E-state index contributed by atoms with van der Waals surface area (Å²) in [7, 11) is 1.62. The fourth-order valence-electron chi connectivity index (χ4n) is 3.11. The van der Waals surface area contributed by atoms with Gasteiger partial charge in [0.2, 0.25) is 0 Å². The molecule has 0 amide bonds. The van der Waals surface area contributed by atoms with Crippen LogP contribution in [0.4, 0.5) is 0 Å². The predicted octanol–water partition coefficient (Wildman–Crippen LogP) is 6.11. The Morgan fingerprint density at radius 1 is 0.964 bits per heavy atom. The first kappa shape index (κ1) is 20.5. The molecule has 0 N–H and O–H groups in total. The summed E-state index contributed by atoms with van der Waals surface area (Å²) in [6.45, 7) is 2.45. The molecule has 0 saturated carbocycles. The second kappa shape index (κ2) is 9.78. The SMILES string of the molecule is COc1ccc(-c2oc3ccc(OCCCCCCBr)cc3c(=O)c2C)cc1. The number of alkyl halides is 1. The number of methoxy groups -OCH3 is 1. The summed E-state index contributed by atoms with van der Waals surface area (Å²) >= 11 is 3.44. The highest BCUT2D eigenvalue weighted by Gasteiger charge is 2.13. The monoisotopic (exact) mass is 444 g/mol.